The lowest BCUT2D eigenvalue weighted by Gasteiger charge is -2.10. The van der Waals surface area contributed by atoms with Crippen molar-refractivity contribution in [1.82, 2.24) is 4.90 Å². The smallest absolute Gasteiger partial charge is 0.0635 e. The molecule has 0 unspecified atom stereocenters. The van der Waals surface area contributed by atoms with Crippen molar-refractivity contribution in [2.75, 3.05) is 20.1 Å². The summed E-state index contributed by atoms with van der Waals surface area (Å²) in [4.78, 5) is 2.03. The molecule has 0 aromatic carbocycles. The van der Waals surface area contributed by atoms with Crippen molar-refractivity contribution in [3.05, 3.63) is 11.6 Å². The Hall–Kier alpha value is -0.520. The van der Waals surface area contributed by atoms with E-state index in [1.807, 2.05) is 18.0 Å². The lowest BCUT2D eigenvalue weighted by molar-refractivity contribution is 0.380. The van der Waals surface area contributed by atoms with E-state index in [1.165, 1.54) is 5.54 Å². The van der Waals surface area contributed by atoms with Crippen LogP contribution in [0.15, 0.2) is 11.6 Å². The third-order valence-corrected chi connectivity index (χ3v) is 1.29. The maximum atomic E-state index is 8.22. The molecular formula is C7H11ClN2. The van der Waals surface area contributed by atoms with Gasteiger partial charge in [0.2, 0.25) is 0 Å². The number of rotatable bonds is 4. The van der Waals surface area contributed by atoms with E-state index in [9.17, 15) is 0 Å². The molecule has 0 fully saturated rings. The normalized spacial score (nSPS) is 10.6. The van der Waals surface area contributed by atoms with E-state index < -0.39 is 0 Å². The van der Waals surface area contributed by atoms with Crippen LogP contribution in [0.2, 0.25) is 0 Å². The van der Waals surface area contributed by atoms with E-state index in [0.29, 0.717) is 6.42 Å². The Morgan fingerprint density at radius 3 is 2.90 bits per heavy atom. The number of hydrogen-bond donors (Lipinski definition) is 0. The molecule has 0 atom stereocenters. The molecule has 0 aromatic heterocycles. The molecule has 0 spiro atoms. The molecule has 0 N–H and O–H groups in total. The van der Waals surface area contributed by atoms with Gasteiger partial charge >= 0.3 is 0 Å². The van der Waals surface area contributed by atoms with Crippen LogP contribution in [0.4, 0.5) is 0 Å². The molecule has 0 saturated heterocycles. The molecule has 56 valence electrons. The molecule has 0 amide bonds. The van der Waals surface area contributed by atoms with E-state index in [0.717, 1.165) is 13.1 Å². The van der Waals surface area contributed by atoms with Crippen LogP contribution in [0.1, 0.15) is 6.42 Å². The van der Waals surface area contributed by atoms with Crippen LogP contribution < -0.4 is 0 Å². The number of nitriles is 1. The molecule has 0 aromatic rings. The zero-order valence-corrected chi connectivity index (χ0v) is 6.80. The molecule has 0 aliphatic carbocycles. The minimum atomic E-state index is 0.576. The topological polar surface area (TPSA) is 27.0 Å². The Morgan fingerprint density at radius 2 is 2.40 bits per heavy atom. The summed E-state index contributed by atoms with van der Waals surface area (Å²) < 4.78 is 0. The third-order valence-electron chi connectivity index (χ3n) is 1.11. The van der Waals surface area contributed by atoms with Gasteiger partial charge in [-0.15, -0.1) is 0 Å². The molecule has 0 radical (unpaired) electrons. The first kappa shape index (κ1) is 9.48. The molecule has 0 aliphatic heterocycles. The van der Waals surface area contributed by atoms with E-state index in [1.54, 1.807) is 0 Å². The van der Waals surface area contributed by atoms with Gasteiger partial charge in [0.15, 0.2) is 0 Å². The second kappa shape index (κ2) is 6.60. The molecule has 0 saturated carbocycles. The summed E-state index contributed by atoms with van der Waals surface area (Å²) in [5.74, 6) is 0. The molecule has 2 nitrogen and oxygen atoms in total. The van der Waals surface area contributed by atoms with Gasteiger partial charge in [-0.05, 0) is 7.05 Å². The Kier molecular flexibility index (Phi) is 6.25. The molecule has 3 heteroatoms. The van der Waals surface area contributed by atoms with E-state index in [4.69, 9.17) is 16.9 Å². The summed E-state index contributed by atoms with van der Waals surface area (Å²) in [6.07, 6.45) is 2.42. The third kappa shape index (κ3) is 5.61. The van der Waals surface area contributed by atoms with Gasteiger partial charge < -0.3 is 4.90 Å². The van der Waals surface area contributed by atoms with Crippen molar-refractivity contribution in [2.45, 2.75) is 6.42 Å². The van der Waals surface area contributed by atoms with Crippen molar-refractivity contribution < 1.29 is 0 Å². The quantitative estimate of drug-likeness (QED) is 0.621. The molecular weight excluding hydrogens is 148 g/mol. The van der Waals surface area contributed by atoms with Crippen LogP contribution in [0.3, 0.4) is 0 Å². The monoisotopic (exact) mass is 158 g/mol. The van der Waals surface area contributed by atoms with Crippen molar-refractivity contribution >= 4 is 11.6 Å². The Balaban J connectivity index is 3.26. The van der Waals surface area contributed by atoms with Crippen molar-refractivity contribution in [3.63, 3.8) is 0 Å². The van der Waals surface area contributed by atoms with Crippen LogP contribution in [-0.2, 0) is 0 Å². The number of halogens is 1. The van der Waals surface area contributed by atoms with Gasteiger partial charge in [0.1, 0.15) is 0 Å². The molecule has 10 heavy (non-hydrogen) atoms. The molecule has 0 aliphatic rings. The summed E-state index contributed by atoms with van der Waals surface area (Å²) in [6.45, 7) is 1.61. The van der Waals surface area contributed by atoms with Crippen molar-refractivity contribution in [2.24, 2.45) is 0 Å². The highest BCUT2D eigenvalue weighted by Crippen LogP contribution is 1.87. The average Bonchev–Trinajstić information content (AvgIpc) is 1.97. The summed E-state index contributed by atoms with van der Waals surface area (Å²) in [5.41, 5.74) is 1.49. The first-order chi connectivity index (χ1) is 4.81. The maximum absolute atomic E-state index is 8.22. The standard InChI is InChI=1S/C7H11ClN2/c1-10(6-2-4-8)7-3-5-9/h2,4H,3,6-7H2,1H3/b4-2+. The molecule has 0 bridgehead atoms. The zero-order valence-electron chi connectivity index (χ0n) is 6.05. The van der Waals surface area contributed by atoms with Crippen LogP contribution in [-0.4, -0.2) is 25.0 Å². The first-order valence-electron chi connectivity index (χ1n) is 3.12. The SMILES string of the molecule is CN(C/C=C/Cl)CCC#N. The average molecular weight is 159 g/mol. The lowest BCUT2D eigenvalue weighted by Crippen LogP contribution is -2.18. The minimum Gasteiger partial charge on any atom is -0.302 e. The number of hydrogen-bond acceptors (Lipinski definition) is 2. The number of likely N-dealkylation sites (N-methyl/N-ethyl adjacent to an activating group) is 1. The van der Waals surface area contributed by atoms with Gasteiger partial charge in [-0.2, -0.15) is 5.26 Å². The maximum Gasteiger partial charge on any atom is 0.0635 e. The predicted octanol–water partition coefficient (Wildman–Crippen LogP) is 1.58. The number of nitrogens with zero attached hydrogens (tertiary/aromatic N) is 2. The van der Waals surface area contributed by atoms with E-state index in [-0.39, 0.29) is 0 Å². The lowest BCUT2D eigenvalue weighted by atomic mass is 10.4. The Bertz CT molecular complexity index is 137. The summed E-state index contributed by atoms with van der Waals surface area (Å²) in [7, 11) is 1.95. The van der Waals surface area contributed by atoms with Gasteiger partial charge in [0.05, 0.1) is 6.07 Å². The van der Waals surface area contributed by atoms with Crippen LogP contribution in [0, 0.1) is 11.3 Å². The molecule has 0 rings (SSSR count). The van der Waals surface area contributed by atoms with Crippen LogP contribution in [0.5, 0.6) is 0 Å². The fourth-order valence-corrected chi connectivity index (χ4v) is 0.632. The fourth-order valence-electron chi connectivity index (χ4n) is 0.552. The largest absolute Gasteiger partial charge is 0.302 e. The fraction of sp³-hybridized carbons (Fsp3) is 0.571. The molecule has 0 heterocycles. The van der Waals surface area contributed by atoms with Gasteiger partial charge in [-0.1, -0.05) is 17.7 Å². The van der Waals surface area contributed by atoms with Crippen molar-refractivity contribution in [1.29, 1.82) is 5.26 Å². The van der Waals surface area contributed by atoms with E-state index in [2.05, 4.69) is 6.07 Å². The zero-order chi connectivity index (χ0) is 7.82. The Morgan fingerprint density at radius 1 is 1.70 bits per heavy atom. The van der Waals surface area contributed by atoms with E-state index >= 15 is 0 Å². The highest BCUT2D eigenvalue weighted by atomic mass is 35.5. The van der Waals surface area contributed by atoms with Gasteiger partial charge in [-0.25, -0.2) is 0 Å². The van der Waals surface area contributed by atoms with Gasteiger partial charge in [-0.3, -0.25) is 0 Å². The second-order valence-corrected chi connectivity index (χ2v) is 2.28. The van der Waals surface area contributed by atoms with Crippen LogP contribution in [0.25, 0.3) is 0 Å². The second-order valence-electron chi connectivity index (χ2n) is 2.03. The summed E-state index contributed by atoms with van der Waals surface area (Å²) in [5, 5.41) is 8.22. The van der Waals surface area contributed by atoms with Crippen molar-refractivity contribution in [3.8, 4) is 6.07 Å². The Labute approximate surface area is 66.7 Å². The van der Waals surface area contributed by atoms with Gasteiger partial charge in [0.25, 0.3) is 0 Å². The first-order valence-corrected chi connectivity index (χ1v) is 3.55. The predicted molar refractivity (Wildman–Crippen MR) is 42.7 cm³/mol. The highest BCUT2D eigenvalue weighted by Gasteiger charge is 1.91. The summed E-state index contributed by atoms with van der Waals surface area (Å²) in [6, 6.07) is 2.08. The minimum absolute atomic E-state index is 0.576. The highest BCUT2D eigenvalue weighted by molar-refractivity contribution is 6.25. The van der Waals surface area contributed by atoms with Gasteiger partial charge in [0, 0.05) is 25.0 Å². The summed E-state index contributed by atoms with van der Waals surface area (Å²) >= 11 is 5.31. The van der Waals surface area contributed by atoms with Crippen LogP contribution >= 0.6 is 11.6 Å².